The number of unbranched alkanes of at least 4 members (excludes halogenated alkanes) is 18. The van der Waals surface area contributed by atoms with Crippen molar-refractivity contribution in [2.45, 2.75) is 135 Å². The van der Waals surface area contributed by atoms with Crippen LogP contribution in [0.4, 0.5) is 0 Å². The Bertz CT molecular complexity index is 431. The van der Waals surface area contributed by atoms with Gasteiger partial charge in [-0.3, -0.25) is 9.59 Å². The number of allylic oxidation sites excluding steroid dienone is 1. The SMILES string of the molecule is CCCCCCCCCCCCCCCCCCCC/C=C/C(CC(=O)O)C(=O)O. The quantitative estimate of drug-likeness (QED) is 0.128. The van der Waals surface area contributed by atoms with E-state index in [0.717, 1.165) is 12.8 Å². The molecule has 0 aliphatic rings. The van der Waals surface area contributed by atoms with Crippen molar-refractivity contribution in [2.75, 3.05) is 0 Å². The summed E-state index contributed by atoms with van der Waals surface area (Å²) in [7, 11) is 0. The highest BCUT2D eigenvalue weighted by Gasteiger charge is 2.17. The van der Waals surface area contributed by atoms with E-state index in [9.17, 15) is 9.59 Å². The number of carbonyl (C=O) groups is 2. The summed E-state index contributed by atoms with van der Waals surface area (Å²) in [6.07, 6.45) is 28.2. The van der Waals surface area contributed by atoms with E-state index >= 15 is 0 Å². The summed E-state index contributed by atoms with van der Waals surface area (Å²) >= 11 is 0. The molecular formula is C26H48O4. The zero-order valence-electron chi connectivity index (χ0n) is 19.6. The Morgan fingerprint density at radius 3 is 1.33 bits per heavy atom. The zero-order valence-corrected chi connectivity index (χ0v) is 19.6. The van der Waals surface area contributed by atoms with Crippen LogP contribution < -0.4 is 0 Å². The fraction of sp³-hybridized carbons (Fsp3) is 0.846. The Labute approximate surface area is 185 Å². The Balaban J connectivity index is 3.28. The molecule has 0 spiro atoms. The molecule has 0 fully saturated rings. The third-order valence-electron chi connectivity index (χ3n) is 5.80. The van der Waals surface area contributed by atoms with Gasteiger partial charge in [-0.25, -0.2) is 0 Å². The van der Waals surface area contributed by atoms with Gasteiger partial charge in [0.15, 0.2) is 0 Å². The summed E-state index contributed by atoms with van der Waals surface area (Å²) in [6.45, 7) is 2.27. The average Bonchev–Trinajstić information content (AvgIpc) is 2.71. The molecule has 0 radical (unpaired) electrons. The van der Waals surface area contributed by atoms with E-state index in [4.69, 9.17) is 10.2 Å². The Morgan fingerprint density at radius 1 is 0.633 bits per heavy atom. The molecule has 4 heteroatoms. The molecule has 0 heterocycles. The Morgan fingerprint density at radius 2 is 1.00 bits per heavy atom. The van der Waals surface area contributed by atoms with Gasteiger partial charge in [0, 0.05) is 0 Å². The topological polar surface area (TPSA) is 74.6 Å². The monoisotopic (exact) mass is 424 g/mol. The van der Waals surface area contributed by atoms with E-state index in [0.29, 0.717) is 0 Å². The fourth-order valence-corrected chi connectivity index (χ4v) is 3.85. The first-order chi connectivity index (χ1) is 14.6. The van der Waals surface area contributed by atoms with Crippen LogP contribution in [0.1, 0.15) is 135 Å². The van der Waals surface area contributed by atoms with Crippen molar-refractivity contribution in [1.82, 2.24) is 0 Å². The standard InChI is InChI=1S/C26H48O4/c1-2-3-4-5-6-7-8-9-10-11-12-13-14-15-16-17-18-19-20-21-22-24(26(29)30)23-25(27)28/h21-22,24H,2-20,23H2,1H3,(H,27,28)(H,29,30)/b22-21+. The molecule has 0 aliphatic heterocycles. The van der Waals surface area contributed by atoms with Gasteiger partial charge in [-0.1, -0.05) is 128 Å². The second-order valence-corrected chi connectivity index (χ2v) is 8.77. The van der Waals surface area contributed by atoms with Crippen molar-refractivity contribution >= 4 is 11.9 Å². The van der Waals surface area contributed by atoms with Crippen molar-refractivity contribution in [1.29, 1.82) is 0 Å². The molecule has 0 aliphatic carbocycles. The normalized spacial score (nSPS) is 12.4. The third-order valence-corrected chi connectivity index (χ3v) is 5.80. The fourth-order valence-electron chi connectivity index (χ4n) is 3.85. The number of rotatable bonds is 23. The van der Waals surface area contributed by atoms with E-state index in [1.54, 1.807) is 0 Å². The summed E-state index contributed by atoms with van der Waals surface area (Å²) in [5.41, 5.74) is 0. The molecular weight excluding hydrogens is 376 g/mol. The van der Waals surface area contributed by atoms with Crippen LogP contribution in [-0.4, -0.2) is 22.2 Å². The van der Waals surface area contributed by atoms with Crippen molar-refractivity contribution < 1.29 is 19.8 Å². The highest BCUT2D eigenvalue weighted by Crippen LogP contribution is 2.15. The lowest BCUT2D eigenvalue weighted by molar-refractivity contribution is -0.146. The van der Waals surface area contributed by atoms with Crippen LogP contribution in [0, 0.1) is 5.92 Å². The number of hydrogen-bond donors (Lipinski definition) is 2. The first-order valence-electron chi connectivity index (χ1n) is 12.7. The molecule has 1 atom stereocenters. The minimum absolute atomic E-state index is 0.342. The lowest BCUT2D eigenvalue weighted by Gasteiger charge is -2.04. The molecule has 0 aromatic rings. The maximum absolute atomic E-state index is 11.0. The number of carboxylic acid groups (broad SMARTS) is 2. The maximum atomic E-state index is 11.0. The molecule has 176 valence electrons. The van der Waals surface area contributed by atoms with Gasteiger partial charge in [0.1, 0.15) is 0 Å². The molecule has 2 N–H and O–H groups in total. The summed E-state index contributed by atoms with van der Waals surface area (Å²) < 4.78 is 0. The summed E-state index contributed by atoms with van der Waals surface area (Å²) in [5.74, 6) is -3.04. The highest BCUT2D eigenvalue weighted by molar-refractivity contribution is 5.79. The second kappa shape index (κ2) is 22.4. The van der Waals surface area contributed by atoms with Gasteiger partial charge in [0.25, 0.3) is 0 Å². The number of carboxylic acids is 2. The molecule has 0 amide bonds. The van der Waals surface area contributed by atoms with Gasteiger partial charge in [-0.2, -0.15) is 0 Å². The maximum Gasteiger partial charge on any atom is 0.310 e. The highest BCUT2D eigenvalue weighted by atomic mass is 16.4. The van der Waals surface area contributed by atoms with Crippen LogP contribution in [0.15, 0.2) is 12.2 Å². The van der Waals surface area contributed by atoms with Crippen LogP contribution in [0.25, 0.3) is 0 Å². The molecule has 0 rings (SSSR count). The van der Waals surface area contributed by atoms with E-state index in [1.807, 2.05) is 6.08 Å². The van der Waals surface area contributed by atoms with E-state index < -0.39 is 17.9 Å². The van der Waals surface area contributed by atoms with Crippen LogP contribution in [0.2, 0.25) is 0 Å². The first kappa shape index (κ1) is 28.7. The van der Waals surface area contributed by atoms with Crippen molar-refractivity contribution in [3.05, 3.63) is 12.2 Å². The minimum Gasteiger partial charge on any atom is -0.481 e. The van der Waals surface area contributed by atoms with Gasteiger partial charge >= 0.3 is 11.9 Å². The van der Waals surface area contributed by atoms with Crippen molar-refractivity contribution in [3.8, 4) is 0 Å². The molecule has 0 aromatic heterocycles. The Kier molecular flexibility index (Phi) is 21.4. The first-order valence-corrected chi connectivity index (χ1v) is 12.7. The predicted octanol–water partition coefficient (Wildman–Crippen LogP) is 8.15. The predicted molar refractivity (Wildman–Crippen MR) is 126 cm³/mol. The van der Waals surface area contributed by atoms with Crippen LogP contribution >= 0.6 is 0 Å². The molecule has 4 nitrogen and oxygen atoms in total. The van der Waals surface area contributed by atoms with E-state index in [-0.39, 0.29) is 6.42 Å². The molecule has 0 saturated carbocycles. The number of hydrogen-bond acceptors (Lipinski definition) is 2. The van der Waals surface area contributed by atoms with E-state index in [2.05, 4.69) is 6.92 Å². The smallest absolute Gasteiger partial charge is 0.310 e. The molecule has 0 bridgehead atoms. The van der Waals surface area contributed by atoms with Crippen molar-refractivity contribution in [2.24, 2.45) is 5.92 Å². The largest absolute Gasteiger partial charge is 0.481 e. The number of aliphatic carboxylic acids is 2. The molecule has 30 heavy (non-hydrogen) atoms. The summed E-state index contributed by atoms with van der Waals surface area (Å²) in [5, 5.41) is 17.7. The zero-order chi connectivity index (χ0) is 22.3. The Hall–Kier alpha value is -1.32. The molecule has 0 aromatic carbocycles. The lowest BCUT2D eigenvalue weighted by Crippen LogP contribution is -2.15. The van der Waals surface area contributed by atoms with Gasteiger partial charge in [0.05, 0.1) is 12.3 Å². The minimum atomic E-state index is -1.07. The average molecular weight is 425 g/mol. The van der Waals surface area contributed by atoms with Crippen LogP contribution in [-0.2, 0) is 9.59 Å². The van der Waals surface area contributed by atoms with E-state index in [1.165, 1.54) is 115 Å². The third kappa shape index (κ3) is 21.4. The summed E-state index contributed by atoms with van der Waals surface area (Å²) in [6, 6.07) is 0. The van der Waals surface area contributed by atoms with Crippen LogP contribution in [0.5, 0.6) is 0 Å². The molecule has 0 saturated heterocycles. The van der Waals surface area contributed by atoms with Gasteiger partial charge in [-0.05, 0) is 12.8 Å². The second-order valence-electron chi connectivity index (χ2n) is 8.77. The molecule has 1 unspecified atom stereocenters. The lowest BCUT2D eigenvalue weighted by atomic mass is 10.0. The van der Waals surface area contributed by atoms with Gasteiger partial charge in [0.2, 0.25) is 0 Å². The van der Waals surface area contributed by atoms with Gasteiger partial charge in [-0.15, -0.1) is 0 Å². The van der Waals surface area contributed by atoms with Crippen LogP contribution in [0.3, 0.4) is 0 Å². The summed E-state index contributed by atoms with van der Waals surface area (Å²) in [4.78, 5) is 21.6. The van der Waals surface area contributed by atoms with Crippen molar-refractivity contribution in [3.63, 3.8) is 0 Å². The van der Waals surface area contributed by atoms with Gasteiger partial charge < -0.3 is 10.2 Å².